The Hall–Kier alpha value is -1.14. The minimum absolute atomic E-state index is 0.0826. The lowest BCUT2D eigenvalue weighted by molar-refractivity contribution is -0.386. The minimum atomic E-state index is -0.897. The molecule has 6 nitrogen and oxygen atoms in total. The van der Waals surface area contributed by atoms with Crippen molar-refractivity contribution in [3.63, 3.8) is 0 Å². The molecular weight excluding hydrogens is 360 g/mol. The second-order valence-electron chi connectivity index (χ2n) is 10.1. The fourth-order valence-corrected chi connectivity index (χ4v) is 7.51. The molecule has 2 spiro atoms. The molecule has 0 aromatic carbocycles. The van der Waals surface area contributed by atoms with Crippen molar-refractivity contribution in [2.45, 2.75) is 88.8 Å². The topological polar surface area (TPSA) is 71.1 Å². The number of hydrogen-bond donors (Lipinski definition) is 0. The van der Waals surface area contributed by atoms with Crippen LogP contribution < -0.4 is 0 Å². The SMILES string of the molecule is CCOC(=O)OC(=O)C[C@@H]1CCC[C@@]2(C1)CC1(OO2)C2CC3CC(C2)CC1C3. The van der Waals surface area contributed by atoms with E-state index in [1.54, 1.807) is 6.92 Å². The van der Waals surface area contributed by atoms with Gasteiger partial charge in [0.1, 0.15) is 11.2 Å². The summed E-state index contributed by atoms with van der Waals surface area (Å²) in [5, 5.41) is 0. The van der Waals surface area contributed by atoms with E-state index < -0.39 is 12.1 Å². The maximum Gasteiger partial charge on any atom is 0.516 e. The van der Waals surface area contributed by atoms with Gasteiger partial charge in [-0.2, -0.15) is 0 Å². The third-order valence-corrected chi connectivity index (χ3v) is 8.31. The molecule has 6 aliphatic rings. The summed E-state index contributed by atoms with van der Waals surface area (Å²) in [5.74, 6) is 2.79. The van der Waals surface area contributed by atoms with Crippen LogP contribution in [0.1, 0.15) is 77.6 Å². The number of ether oxygens (including phenoxy) is 2. The lowest BCUT2D eigenvalue weighted by Crippen LogP contribution is -2.58. The standard InChI is InChI=1S/C22H32O6/c1-2-25-20(24)26-19(23)11-14-4-3-5-21(12-14)13-22(28-27-21)17-7-15-6-16(9-17)10-18(22)8-15/h14-18H,2-13H2,1H3/t14-,15?,16?,17?,18?,21+,22?/m0/s1. The zero-order valence-corrected chi connectivity index (χ0v) is 16.8. The van der Waals surface area contributed by atoms with Crippen LogP contribution in [-0.2, 0) is 24.0 Å². The number of hydrogen-bond acceptors (Lipinski definition) is 6. The average molecular weight is 392 g/mol. The van der Waals surface area contributed by atoms with E-state index in [0.29, 0.717) is 11.8 Å². The zero-order chi connectivity index (χ0) is 19.4. The summed E-state index contributed by atoms with van der Waals surface area (Å²) in [7, 11) is 0. The summed E-state index contributed by atoms with van der Waals surface area (Å²) in [6, 6.07) is 0. The highest BCUT2D eigenvalue weighted by atomic mass is 17.2. The Morgan fingerprint density at radius 1 is 1.04 bits per heavy atom. The Bertz CT molecular complexity index is 617. The molecule has 156 valence electrons. The smallest absolute Gasteiger partial charge is 0.434 e. The Labute approximate surface area is 166 Å². The first-order chi connectivity index (χ1) is 13.5. The van der Waals surface area contributed by atoms with Crippen molar-refractivity contribution in [1.82, 2.24) is 0 Å². The molecule has 0 aromatic rings. The molecule has 0 amide bonds. The molecular formula is C22H32O6. The third-order valence-electron chi connectivity index (χ3n) is 8.31. The van der Waals surface area contributed by atoms with Gasteiger partial charge in [-0.05, 0) is 87.9 Å². The predicted octanol–water partition coefficient (Wildman–Crippen LogP) is 4.55. The van der Waals surface area contributed by atoms with Gasteiger partial charge in [0.2, 0.25) is 0 Å². The summed E-state index contributed by atoms with van der Waals surface area (Å²) in [5.41, 5.74) is -0.344. The van der Waals surface area contributed by atoms with Crippen molar-refractivity contribution in [3.05, 3.63) is 0 Å². The molecule has 6 fully saturated rings. The number of esters is 1. The van der Waals surface area contributed by atoms with Gasteiger partial charge in [-0.25, -0.2) is 14.6 Å². The van der Waals surface area contributed by atoms with Gasteiger partial charge in [0.15, 0.2) is 0 Å². The Morgan fingerprint density at radius 2 is 1.75 bits per heavy atom. The lowest BCUT2D eigenvalue weighted by Gasteiger charge is -2.58. The van der Waals surface area contributed by atoms with Gasteiger partial charge in [0.05, 0.1) is 6.61 Å². The normalized spacial score (nSPS) is 46.2. The Kier molecular flexibility index (Phi) is 4.70. The second kappa shape index (κ2) is 6.98. The first-order valence-corrected chi connectivity index (χ1v) is 11.2. The van der Waals surface area contributed by atoms with Crippen LogP contribution in [0.25, 0.3) is 0 Å². The zero-order valence-electron chi connectivity index (χ0n) is 16.8. The molecule has 5 aliphatic carbocycles. The van der Waals surface area contributed by atoms with Crippen molar-refractivity contribution in [1.29, 1.82) is 0 Å². The first-order valence-electron chi connectivity index (χ1n) is 11.2. The van der Waals surface area contributed by atoms with E-state index in [0.717, 1.165) is 43.9 Å². The monoisotopic (exact) mass is 392 g/mol. The van der Waals surface area contributed by atoms with Crippen molar-refractivity contribution in [2.24, 2.45) is 29.6 Å². The Morgan fingerprint density at radius 3 is 2.43 bits per heavy atom. The molecule has 2 atom stereocenters. The summed E-state index contributed by atoms with van der Waals surface area (Å²) in [6.45, 7) is 1.89. The molecule has 0 radical (unpaired) electrons. The predicted molar refractivity (Wildman–Crippen MR) is 99.0 cm³/mol. The second-order valence-corrected chi connectivity index (χ2v) is 10.1. The van der Waals surface area contributed by atoms with Crippen LogP contribution in [0.5, 0.6) is 0 Å². The lowest BCUT2D eigenvalue weighted by atomic mass is 9.48. The van der Waals surface area contributed by atoms with E-state index in [-0.39, 0.29) is 30.1 Å². The summed E-state index contributed by atoms with van der Waals surface area (Å²) >= 11 is 0. The van der Waals surface area contributed by atoms with Crippen LogP contribution in [0.15, 0.2) is 0 Å². The van der Waals surface area contributed by atoms with Crippen LogP contribution in [-0.4, -0.2) is 29.9 Å². The van der Waals surface area contributed by atoms with Crippen LogP contribution >= 0.6 is 0 Å². The quantitative estimate of drug-likeness (QED) is 0.399. The van der Waals surface area contributed by atoms with Crippen LogP contribution in [0.3, 0.4) is 0 Å². The Balaban J connectivity index is 1.23. The highest BCUT2D eigenvalue weighted by Gasteiger charge is 2.65. The highest BCUT2D eigenvalue weighted by Crippen LogP contribution is 2.65. The van der Waals surface area contributed by atoms with Crippen molar-refractivity contribution in [3.8, 4) is 0 Å². The van der Waals surface area contributed by atoms with Crippen molar-refractivity contribution in [2.75, 3.05) is 6.61 Å². The van der Waals surface area contributed by atoms with Crippen LogP contribution in [0.2, 0.25) is 0 Å². The summed E-state index contributed by atoms with van der Waals surface area (Å²) in [4.78, 5) is 35.9. The van der Waals surface area contributed by atoms with Gasteiger partial charge >= 0.3 is 12.1 Å². The molecule has 6 rings (SSSR count). The van der Waals surface area contributed by atoms with E-state index in [2.05, 4.69) is 0 Å². The largest absolute Gasteiger partial charge is 0.516 e. The third kappa shape index (κ3) is 3.17. The summed E-state index contributed by atoms with van der Waals surface area (Å²) in [6.07, 6.45) is 10.8. The van der Waals surface area contributed by atoms with E-state index in [1.165, 1.54) is 32.1 Å². The molecule has 0 N–H and O–H groups in total. The van der Waals surface area contributed by atoms with Gasteiger partial charge in [-0.15, -0.1) is 0 Å². The molecule has 4 bridgehead atoms. The van der Waals surface area contributed by atoms with E-state index in [9.17, 15) is 9.59 Å². The molecule has 5 saturated carbocycles. The van der Waals surface area contributed by atoms with Gasteiger partial charge in [0.25, 0.3) is 0 Å². The fourth-order valence-electron chi connectivity index (χ4n) is 7.51. The molecule has 1 saturated heterocycles. The maximum absolute atomic E-state index is 12.1. The highest BCUT2D eigenvalue weighted by molar-refractivity contribution is 5.81. The van der Waals surface area contributed by atoms with Crippen LogP contribution in [0, 0.1) is 29.6 Å². The molecule has 0 aromatic heterocycles. The molecule has 28 heavy (non-hydrogen) atoms. The maximum atomic E-state index is 12.1. The van der Waals surface area contributed by atoms with E-state index in [4.69, 9.17) is 19.2 Å². The van der Waals surface area contributed by atoms with Gasteiger partial charge in [0, 0.05) is 12.8 Å². The van der Waals surface area contributed by atoms with Gasteiger partial charge in [-0.3, -0.25) is 4.79 Å². The van der Waals surface area contributed by atoms with Crippen molar-refractivity contribution < 1.29 is 28.8 Å². The van der Waals surface area contributed by atoms with E-state index in [1.807, 2.05) is 0 Å². The summed E-state index contributed by atoms with van der Waals surface area (Å²) < 4.78 is 9.46. The minimum Gasteiger partial charge on any atom is -0.434 e. The molecule has 1 aliphatic heterocycles. The fraction of sp³-hybridized carbons (Fsp3) is 0.909. The van der Waals surface area contributed by atoms with Gasteiger partial charge in [-0.1, -0.05) is 6.42 Å². The molecule has 6 heteroatoms. The molecule has 0 unspecified atom stereocenters. The first kappa shape index (κ1) is 18.9. The average Bonchev–Trinajstić information content (AvgIpc) is 2.99. The number of carbonyl (C=O) groups excluding carboxylic acids is 2. The number of carbonyl (C=O) groups is 2. The van der Waals surface area contributed by atoms with Crippen molar-refractivity contribution >= 4 is 12.1 Å². The van der Waals surface area contributed by atoms with E-state index >= 15 is 0 Å². The van der Waals surface area contributed by atoms with Gasteiger partial charge < -0.3 is 9.47 Å². The van der Waals surface area contributed by atoms with Crippen LogP contribution in [0.4, 0.5) is 4.79 Å². The number of rotatable bonds is 3. The molecule has 1 heterocycles.